The number of aromatic nitrogens is 4. The zero-order chi connectivity index (χ0) is 18.6. The minimum absolute atomic E-state index is 0.0669. The van der Waals surface area contributed by atoms with Gasteiger partial charge in [0, 0.05) is 18.0 Å². The fourth-order valence-corrected chi connectivity index (χ4v) is 4.52. The van der Waals surface area contributed by atoms with Gasteiger partial charge in [-0.25, -0.2) is 0 Å². The lowest BCUT2D eigenvalue weighted by molar-refractivity contribution is -0.135. The largest absolute Gasteiger partial charge is 0.332 e. The van der Waals surface area contributed by atoms with E-state index in [-0.39, 0.29) is 11.9 Å². The van der Waals surface area contributed by atoms with Crippen molar-refractivity contribution < 1.29 is 4.79 Å². The molecule has 1 aliphatic heterocycles. The van der Waals surface area contributed by atoms with Crippen LogP contribution in [0.2, 0.25) is 5.02 Å². The summed E-state index contributed by atoms with van der Waals surface area (Å²) in [5.74, 6) is 1.61. The molecule has 6 nitrogen and oxygen atoms in total. The number of hydrogen-bond donors (Lipinski definition) is 0. The van der Waals surface area contributed by atoms with E-state index in [9.17, 15) is 4.79 Å². The van der Waals surface area contributed by atoms with Crippen LogP contribution in [0.1, 0.15) is 69.7 Å². The van der Waals surface area contributed by atoms with E-state index in [1.165, 1.54) is 30.5 Å². The lowest BCUT2D eigenvalue weighted by Crippen LogP contribution is -2.39. The van der Waals surface area contributed by atoms with Crippen LogP contribution in [0.25, 0.3) is 5.69 Å². The molecule has 0 N–H and O–H groups in total. The number of benzene rings is 1. The van der Waals surface area contributed by atoms with Crippen LogP contribution in [-0.2, 0) is 4.79 Å². The van der Waals surface area contributed by atoms with Crippen molar-refractivity contribution in [3.63, 3.8) is 0 Å². The van der Waals surface area contributed by atoms with Crippen LogP contribution in [0.3, 0.4) is 0 Å². The summed E-state index contributed by atoms with van der Waals surface area (Å²) in [6.07, 6.45) is 9.91. The molecule has 0 bridgehead atoms. The molecule has 2 heterocycles. The topological polar surface area (TPSA) is 63.9 Å². The maximum Gasteiger partial charge on any atom is 0.223 e. The molecule has 1 aliphatic carbocycles. The van der Waals surface area contributed by atoms with Crippen molar-refractivity contribution in [3.8, 4) is 5.69 Å². The Bertz CT molecular complexity index is 786. The summed E-state index contributed by atoms with van der Waals surface area (Å²) in [6.45, 7) is 0.792. The summed E-state index contributed by atoms with van der Waals surface area (Å²) in [5, 5.41) is 13.6. The highest BCUT2D eigenvalue weighted by Gasteiger charge is 2.31. The third-order valence-corrected chi connectivity index (χ3v) is 6.07. The molecule has 1 aromatic heterocycles. The number of likely N-dealkylation sites (tertiary alicyclic amines) is 1. The summed E-state index contributed by atoms with van der Waals surface area (Å²) in [6, 6.07) is 7.30. The van der Waals surface area contributed by atoms with Crippen LogP contribution >= 0.6 is 11.6 Å². The van der Waals surface area contributed by atoms with E-state index in [1.54, 1.807) is 6.07 Å². The molecule has 0 spiro atoms. The Kier molecular flexibility index (Phi) is 5.72. The molecule has 7 heteroatoms. The van der Waals surface area contributed by atoms with Gasteiger partial charge in [-0.05, 0) is 55.0 Å². The molecule has 2 aromatic rings. The quantitative estimate of drug-likeness (QED) is 0.765. The summed E-state index contributed by atoms with van der Waals surface area (Å²) in [4.78, 5) is 16.4. The molecular formula is C20H26ClN5O. The van der Waals surface area contributed by atoms with Crippen molar-refractivity contribution in [3.05, 3.63) is 35.1 Å². The smallest absolute Gasteiger partial charge is 0.223 e. The highest BCUT2D eigenvalue weighted by molar-refractivity contribution is 6.30. The molecule has 1 unspecified atom stereocenters. The zero-order valence-electron chi connectivity index (χ0n) is 15.6. The first-order chi connectivity index (χ1) is 13.2. The van der Waals surface area contributed by atoms with Gasteiger partial charge < -0.3 is 4.90 Å². The van der Waals surface area contributed by atoms with Crippen LogP contribution in [0.15, 0.2) is 24.3 Å². The van der Waals surface area contributed by atoms with Crippen molar-refractivity contribution in [2.75, 3.05) is 6.54 Å². The van der Waals surface area contributed by atoms with E-state index in [2.05, 4.69) is 15.4 Å². The van der Waals surface area contributed by atoms with Gasteiger partial charge in [0.2, 0.25) is 5.91 Å². The molecular weight excluding hydrogens is 362 g/mol. The lowest BCUT2D eigenvalue weighted by Gasteiger charge is -2.34. The zero-order valence-corrected chi connectivity index (χ0v) is 16.3. The van der Waals surface area contributed by atoms with Crippen molar-refractivity contribution >= 4 is 17.5 Å². The second-order valence-electron chi connectivity index (χ2n) is 7.70. The van der Waals surface area contributed by atoms with E-state index < -0.39 is 0 Å². The molecule has 2 fully saturated rings. The Morgan fingerprint density at radius 1 is 1.15 bits per heavy atom. The van der Waals surface area contributed by atoms with Gasteiger partial charge in [-0.1, -0.05) is 43.4 Å². The molecule has 1 amide bonds. The Balaban J connectivity index is 1.46. The van der Waals surface area contributed by atoms with Crippen LogP contribution in [-0.4, -0.2) is 37.6 Å². The summed E-state index contributed by atoms with van der Waals surface area (Å²) in [7, 11) is 0. The number of halogens is 1. The monoisotopic (exact) mass is 387 g/mol. The second-order valence-corrected chi connectivity index (χ2v) is 8.14. The highest BCUT2D eigenvalue weighted by Crippen LogP contribution is 2.32. The maximum atomic E-state index is 12.9. The molecule has 4 rings (SSSR count). The number of carbonyl (C=O) groups is 1. The van der Waals surface area contributed by atoms with Crippen molar-refractivity contribution in [1.29, 1.82) is 0 Å². The maximum absolute atomic E-state index is 12.9. The second kappa shape index (κ2) is 8.38. The number of tetrazole rings is 1. The first-order valence-electron chi connectivity index (χ1n) is 10.1. The van der Waals surface area contributed by atoms with Gasteiger partial charge in [0.15, 0.2) is 5.82 Å². The predicted molar refractivity (Wildman–Crippen MR) is 104 cm³/mol. The molecule has 2 aliphatic rings. The minimum Gasteiger partial charge on any atom is -0.332 e. The van der Waals surface area contributed by atoms with Crippen molar-refractivity contribution in [2.45, 2.75) is 63.8 Å². The number of piperidine rings is 1. The molecule has 0 radical (unpaired) electrons. The van der Waals surface area contributed by atoms with Gasteiger partial charge in [-0.2, -0.15) is 0 Å². The average molecular weight is 388 g/mol. The van der Waals surface area contributed by atoms with Gasteiger partial charge in [-0.15, -0.1) is 15.0 Å². The van der Waals surface area contributed by atoms with Crippen LogP contribution in [0, 0.1) is 5.92 Å². The SMILES string of the molecule is O=C(CCC1CCCC1)N1CCCCC1c1nnn(-c2cccc(Cl)c2)n1. The predicted octanol–water partition coefficient (Wildman–Crippen LogP) is 4.34. The van der Waals surface area contributed by atoms with E-state index in [0.29, 0.717) is 17.3 Å². The Labute approximate surface area is 164 Å². The standard InChI is InChI=1S/C20H26ClN5O/c21-16-8-5-9-17(14-16)26-23-20(22-24-26)18-10-3-4-13-25(18)19(27)12-11-15-6-1-2-7-15/h5,8-9,14-15,18H,1-4,6-7,10-13H2. The Morgan fingerprint density at radius 2 is 1.96 bits per heavy atom. The lowest BCUT2D eigenvalue weighted by atomic mass is 9.98. The minimum atomic E-state index is -0.0669. The van der Waals surface area contributed by atoms with Gasteiger partial charge in [0.25, 0.3) is 0 Å². The molecule has 1 saturated carbocycles. The highest BCUT2D eigenvalue weighted by atomic mass is 35.5. The third kappa shape index (κ3) is 4.32. The number of nitrogens with zero attached hydrogens (tertiary/aromatic N) is 5. The number of carbonyl (C=O) groups excluding carboxylic acids is 1. The van der Waals surface area contributed by atoms with Crippen LogP contribution in [0.5, 0.6) is 0 Å². The molecule has 27 heavy (non-hydrogen) atoms. The fraction of sp³-hybridized carbons (Fsp3) is 0.600. The first kappa shape index (κ1) is 18.4. The summed E-state index contributed by atoms with van der Waals surface area (Å²) >= 11 is 6.06. The van der Waals surface area contributed by atoms with Gasteiger partial charge >= 0.3 is 0 Å². The number of rotatable bonds is 5. The molecule has 1 atom stereocenters. The fourth-order valence-electron chi connectivity index (χ4n) is 4.34. The van der Waals surface area contributed by atoms with Gasteiger partial charge in [0.05, 0.1) is 11.7 Å². The van der Waals surface area contributed by atoms with E-state index >= 15 is 0 Å². The van der Waals surface area contributed by atoms with Crippen molar-refractivity contribution in [1.82, 2.24) is 25.1 Å². The Hall–Kier alpha value is -1.95. The van der Waals surface area contributed by atoms with E-state index in [4.69, 9.17) is 11.6 Å². The first-order valence-corrected chi connectivity index (χ1v) is 10.4. The normalized spacial score (nSPS) is 20.9. The average Bonchev–Trinajstić information content (AvgIpc) is 3.38. The molecule has 1 aromatic carbocycles. The number of amides is 1. The van der Waals surface area contributed by atoms with Gasteiger partial charge in [-0.3, -0.25) is 4.79 Å². The van der Waals surface area contributed by atoms with Crippen molar-refractivity contribution in [2.24, 2.45) is 5.92 Å². The third-order valence-electron chi connectivity index (χ3n) is 5.83. The van der Waals surface area contributed by atoms with Gasteiger partial charge in [0.1, 0.15) is 0 Å². The van der Waals surface area contributed by atoms with E-state index in [0.717, 1.165) is 43.8 Å². The Morgan fingerprint density at radius 3 is 2.78 bits per heavy atom. The molecule has 144 valence electrons. The van der Waals surface area contributed by atoms with Crippen LogP contribution in [0.4, 0.5) is 0 Å². The number of hydrogen-bond acceptors (Lipinski definition) is 4. The van der Waals surface area contributed by atoms with Crippen LogP contribution < -0.4 is 0 Å². The molecule has 1 saturated heterocycles. The van der Waals surface area contributed by atoms with E-state index in [1.807, 2.05) is 23.1 Å². The summed E-state index contributed by atoms with van der Waals surface area (Å²) in [5.41, 5.74) is 0.774. The summed E-state index contributed by atoms with van der Waals surface area (Å²) < 4.78 is 0.